The minimum absolute atomic E-state index is 0.0414. The minimum atomic E-state index is -1.06. The minimum Gasteiger partial charge on any atom is -0.264 e. The first-order valence-electron chi connectivity index (χ1n) is 4.11. The van der Waals surface area contributed by atoms with Gasteiger partial charge < -0.3 is 0 Å². The maximum atomic E-state index is 10.6. The molecule has 6 nitrogen and oxygen atoms in total. The number of benzene rings is 1. The lowest BCUT2D eigenvalue weighted by atomic mass is 10.1. The van der Waals surface area contributed by atoms with Crippen LogP contribution >= 0.6 is 23.2 Å². The zero-order valence-electron chi connectivity index (χ0n) is 8.02. The fourth-order valence-electron chi connectivity index (χ4n) is 1.13. The molecule has 1 aromatic carbocycles. The molecule has 16 heavy (non-hydrogen) atoms. The molecule has 1 atom stereocenters. The summed E-state index contributed by atoms with van der Waals surface area (Å²) in [6.45, 7) is 1.32. The van der Waals surface area contributed by atoms with Crippen LogP contribution in [0.25, 0.3) is 0 Å². The van der Waals surface area contributed by atoms with Gasteiger partial charge in [-0.3, -0.25) is 20.2 Å². The summed E-state index contributed by atoms with van der Waals surface area (Å²) >= 11 is 11.3. The van der Waals surface area contributed by atoms with Crippen LogP contribution in [0.3, 0.4) is 0 Å². The highest BCUT2D eigenvalue weighted by molar-refractivity contribution is 6.35. The first-order chi connectivity index (χ1) is 7.34. The number of hydrogen-bond acceptors (Lipinski definition) is 4. The molecule has 0 N–H and O–H groups in total. The van der Waals surface area contributed by atoms with Gasteiger partial charge in [-0.2, -0.15) is 0 Å². The molecule has 0 aliphatic carbocycles. The Labute approximate surface area is 100 Å². The molecule has 0 heterocycles. The van der Waals surface area contributed by atoms with Crippen molar-refractivity contribution in [3.63, 3.8) is 0 Å². The van der Waals surface area contributed by atoms with Gasteiger partial charge in [-0.05, 0) is 6.07 Å². The Kier molecular flexibility index (Phi) is 3.66. The van der Waals surface area contributed by atoms with Crippen molar-refractivity contribution in [1.82, 2.24) is 0 Å². The molecular weight excluding hydrogens is 259 g/mol. The van der Waals surface area contributed by atoms with E-state index in [1.54, 1.807) is 0 Å². The van der Waals surface area contributed by atoms with Crippen molar-refractivity contribution in [1.29, 1.82) is 0 Å². The van der Waals surface area contributed by atoms with Gasteiger partial charge in [-0.1, -0.05) is 23.2 Å². The number of nitro groups is 2. The van der Waals surface area contributed by atoms with E-state index in [0.717, 1.165) is 12.1 Å². The number of halogens is 2. The maximum Gasteiger partial charge on any atom is 0.289 e. The average Bonchev–Trinajstić information content (AvgIpc) is 2.19. The maximum absolute atomic E-state index is 10.6. The summed E-state index contributed by atoms with van der Waals surface area (Å²) < 4.78 is 0. The van der Waals surface area contributed by atoms with Crippen LogP contribution in [0.5, 0.6) is 0 Å². The molecule has 0 aliphatic rings. The number of nitro benzene ring substituents is 1. The lowest BCUT2D eigenvalue weighted by molar-refractivity contribution is -0.524. The summed E-state index contributed by atoms with van der Waals surface area (Å²) in [5, 5.41) is 20.9. The number of hydrogen-bond donors (Lipinski definition) is 0. The zero-order valence-corrected chi connectivity index (χ0v) is 9.53. The Bertz CT molecular complexity index is 464. The van der Waals surface area contributed by atoms with Gasteiger partial charge in [0, 0.05) is 23.5 Å². The Morgan fingerprint density at radius 1 is 1.19 bits per heavy atom. The smallest absolute Gasteiger partial charge is 0.264 e. The molecule has 0 spiro atoms. The number of nitrogens with zero attached hydrogens (tertiary/aromatic N) is 2. The highest BCUT2D eigenvalue weighted by Crippen LogP contribution is 2.34. The van der Waals surface area contributed by atoms with Crippen molar-refractivity contribution in [3.05, 3.63) is 48.0 Å². The van der Waals surface area contributed by atoms with E-state index >= 15 is 0 Å². The van der Waals surface area contributed by atoms with Gasteiger partial charge in [-0.25, -0.2) is 0 Å². The Hall–Kier alpha value is -1.40. The summed E-state index contributed by atoms with van der Waals surface area (Å²) in [7, 11) is 0. The van der Waals surface area contributed by atoms with Crippen molar-refractivity contribution in [2.45, 2.75) is 13.0 Å². The molecule has 0 saturated heterocycles. The van der Waals surface area contributed by atoms with Crippen LogP contribution in [0.2, 0.25) is 10.0 Å². The van der Waals surface area contributed by atoms with Gasteiger partial charge in [0.15, 0.2) is 0 Å². The van der Waals surface area contributed by atoms with Gasteiger partial charge in [0.25, 0.3) is 5.69 Å². The van der Waals surface area contributed by atoms with E-state index in [0.29, 0.717) is 0 Å². The summed E-state index contributed by atoms with van der Waals surface area (Å²) in [4.78, 5) is 19.8. The van der Waals surface area contributed by atoms with Gasteiger partial charge in [0.05, 0.1) is 9.95 Å². The Balaban J connectivity index is 3.31. The molecular formula is C8H6Cl2N2O4. The first-order valence-corrected chi connectivity index (χ1v) is 4.87. The van der Waals surface area contributed by atoms with Crippen molar-refractivity contribution >= 4 is 28.9 Å². The number of rotatable bonds is 3. The van der Waals surface area contributed by atoms with Crippen molar-refractivity contribution in [3.8, 4) is 0 Å². The molecule has 0 amide bonds. The molecule has 0 fully saturated rings. The van der Waals surface area contributed by atoms with Crippen molar-refractivity contribution < 1.29 is 9.85 Å². The van der Waals surface area contributed by atoms with E-state index < -0.39 is 15.9 Å². The third-order valence-electron chi connectivity index (χ3n) is 2.03. The predicted octanol–water partition coefficient (Wildman–Crippen LogP) is 3.24. The standard InChI is InChI=1S/C8H6Cl2N2O4/c1-4(11(13)14)5-2-7(10)8(12(15)16)3-6(5)9/h2-4H,1H3. The summed E-state index contributed by atoms with van der Waals surface area (Å²) in [5.41, 5.74) is -0.215. The van der Waals surface area contributed by atoms with Crippen LogP contribution in [0.4, 0.5) is 5.69 Å². The van der Waals surface area contributed by atoms with Crippen molar-refractivity contribution in [2.75, 3.05) is 0 Å². The molecule has 0 aromatic heterocycles. The second-order valence-corrected chi connectivity index (χ2v) is 3.86. The second-order valence-electron chi connectivity index (χ2n) is 3.04. The zero-order chi connectivity index (χ0) is 12.5. The first kappa shape index (κ1) is 12.7. The van der Waals surface area contributed by atoms with Gasteiger partial charge in [0.1, 0.15) is 5.02 Å². The topological polar surface area (TPSA) is 86.3 Å². The van der Waals surface area contributed by atoms with Gasteiger partial charge >= 0.3 is 0 Å². The van der Waals surface area contributed by atoms with Crippen molar-refractivity contribution in [2.24, 2.45) is 0 Å². The molecule has 1 aromatic rings. The highest BCUT2D eigenvalue weighted by Gasteiger charge is 2.24. The summed E-state index contributed by atoms with van der Waals surface area (Å²) in [5.74, 6) is 0. The fraction of sp³-hybridized carbons (Fsp3) is 0.250. The van der Waals surface area contributed by atoms with Crippen LogP contribution in [-0.4, -0.2) is 9.85 Å². The molecule has 0 radical (unpaired) electrons. The monoisotopic (exact) mass is 264 g/mol. The van der Waals surface area contributed by atoms with E-state index in [4.69, 9.17) is 23.2 Å². The molecule has 86 valence electrons. The van der Waals surface area contributed by atoms with E-state index in [-0.39, 0.29) is 21.3 Å². The fourth-order valence-corrected chi connectivity index (χ4v) is 1.68. The normalized spacial score (nSPS) is 12.2. The molecule has 8 heteroatoms. The van der Waals surface area contributed by atoms with Crippen LogP contribution in [0.15, 0.2) is 12.1 Å². The molecule has 0 bridgehead atoms. The quantitative estimate of drug-likeness (QED) is 0.620. The Morgan fingerprint density at radius 2 is 1.75 bits per heavy atom. The van der Waals surface area contributed by atoms with Crippen LogP contribution < -0.4 is 0 Å². The van der Waals surface area contributed by atoms with Gasteiger partial charge in [-0.15, -0.1) is 0 Å². The summed E-state index contributed by atoms with van der Waals surface area (Å²) in [6, 6.07) is 1.10. The van der Waals surface area contributed by atoms with E-state index in [1.165, 1.54) is 6.92 Å². The van der Waals surface area contributed by atoms with E-state index in [2.05, 4.69) is 0 Å². The SMILES string of the molecule is CC(c1cc(Cl)c([N+](=O)[O-])cc1Cl)[N+](=O)[O-]. The highest BCUT2D eigenvalue weighted by atomic mass is 35.5. The van der Waals surface area contributed by atoms with Crippen LogP contribution in [-0.2, 0) is 0 Å². The molecule has 0 aliphatic heterocycles. The molecule has 0 saturated carbocycles. The van der Waals surface area contributed by atoms with Gasteiger partial charge in [0.2, 0.25) is 6.04 Å². The van der Waals surface area contributed by atoms with E-state index in [9.17, 15) is 20.2 Å². The largest absolute Gasteiger partial charge is 0.289 e. The Morgan fingerprint density at radius 3 is 2.19 bits per heavy atom. The molecule has 1 unspecified atom stereocenters. The van der Waals surface area contributed by atoms with Crippen LogP contribution in [0.1, 0.15) is 18.5 Å². The van der Waals surface area contributed by atoms with Crippen LogP contribution in [0, 0.1) is 20.2 Å². The third-order valence-corrected chi connectivity index (χ3v) is 2.66. The third kappa shape index (κ3) is 2.40. The second kappa shape index (κ2) is 4.63. The molecule has 1 rings (SSSR count). The average molecular weight is 265 g/mol. The lowest BCUT2D eigenvalue weighted by Gasteiger charge is -2.07. The summed E-state index contributed by atoms with van der Waals surface area (Å²) in [6.07, 6.45) is 0. The lowest BCUT2D eigenvalue weighted by Crippen LogP contribution is -2.07. The predicted molar refractivity (Wildman–Crippen MR) is 58.5 cm³/mol. The van der Waals surface area contributed by atoms with E-state index in [1.807, 2.05) is 0 Å².